The number of carbonyl (C=O) groups excluding carboxylic acids is 1. The second kappa shape index (κ2) is 5.26. The standard InChI is InChI=1S/C15H16O4/c1-3-5-10-8-9-6-4-7-11(19-2)12(9)13(14(10)16)15(17)18/h3-4,6-7,10,13H,1,5,8H2,2H3,(H,17,18). The molecule has 2 rings (SSSR count). The molecular formula is C15H16O4. The molecule has 0 aliphatic heterocycles. The predicted molar refractivity (Wildman–Crippen MR) is 70.4 cm³/mol. The lowest BCUT2D eigenvalue weighted by molar-refractivity contribution is -0.144. The lowest BCUT2D eigenvalue weighted by Gasteiger charge is -2.28. The fourth-order valence-electron chi connectivity index (χ4n) is 2.66. The first-order valence-electron chi connectivity index (χ1n) is 6.13. The molecule has 0 bridgehead atoms. The van der Waals surface area contributed by atoms with E-state index in [0.29, 0.717) is 24.2 Å². The van der Waals surface area contributed by atoms with Gasteiger partial charge in [0.05, 0.1) is 7.11 Å². The van der Waals surface area contributed by atoms with Crippen molar-refractivity contribution in [2.45, 2.75) is 18.8 Å². The minimum Gasteiger partial charge on any atom is -0.496 e. The van der Waals surface area contributed by atoms with Gasteiger partial charge in [-0.3, -0.25) is 9.59 Å². The average molecular weight is 260 g/mol. The Labute approximate surface area is 111 Å². The third-order valence-electron chi connectivity index (χ3n) is 3.52. The summed E-state index contributed by atoms with van der Waals surface area (Å²) in [5, 5.41) is 9.36. The van der Waals surface area contributed by atoms with Gasteiger partial charge in [0.2, 0.25) is 0 Å². The molecule has 19 heavy (non-hydrogen) atoms. The number of fused-ring (bicyclic) bond motifs is 1. The zero-order valence-electron chi connectivity index (χ0n) is 10.8. The zero-order chi connectivity index (χ0) is 14.0. The number of carbonyl (C=O) groups is 2. The molecule has 100 valence electrons. The molecule has 1 N–H and O–H groups in total. The molecule has 0 amide bonds. The van der Waals surface area contributed by atoms with E-state index in [0.717, 1.165) is 5.56 Å². The first kappa shape index (κ1) is 13.3. The van der Waals surface area contributed by atoms with Crippen molar-refractivity contribution in [2.24, 2.45) is 5.92 Å². The van der Waals surface area contributed by atoms with E-state index in [9.17, 15) is 14.7 Å². The number of aliphatic carboxylic acids is 1. The van der Waals surface area contributed by atoms with Gasteiger partial charge in [0.15, 0.2) is 5.78 Å². The number of carboxylic acid groups (broad SMARTS) is 1. The number of hydrogen-bond donors (Lipinski definition) is 1. The van der Waals surface area contributed by atoms with E-state index in [-0.39, 0.29) is 11.7 Å². The summed E-state index contributed by atoms with van der Waals surface area (Å²) in [6, 6.07) is 5.36. The molecule has 1 aliphatic rings. The van der Waals surface area contributed by atoms with Crippen LogP contribution in [0.1, 0.15) is 23.5 Å². The van der Waals surface area contributed by atoms with E-state index in [1.807, 2.05) is 12.1 Å². The third-order valence-corrected chi connectivity index (χ3v) is 3.52. The Balaban J connectivity index is 2.56. The largest absolute Gasteiger partial charge is 0.496 e. The van der Waals surface area contributed by atoms with Crippen molar-refractivity contribution in [1.29, 1.82) is 0 Å². The smallest absolute Gasteiger partial charge is 0.318 e. The Morgan fingerprint density at radius 1 is 1.58 bits per heavy atom. The van der Waals surface area contributed by atoms with Gasteiger partial charge in [-0.05, 0) is 24.5 Å². The summed E-state index contributed by atoms with van der Waals surface area (Å²) in [7, 11) is 1.48. The molecule has 4 nitrogen and oxygen atoms in total. The van der Waals surface area contributed by atoms with Crippen LogP contribution in [0.25, 0.3) is 0 Å². The highest BCUT2D eigenvalue weighted by atomic mass is 16.5. The fourth-order valence-corrected chi connectivity index (χ4v) is 2.66. The van der Waals surface area contributed by atoms with Crippen molar-refractivity contribution >= 4 is 11.8 Å². The summed E-state index contributed by atoms with van der Waals surface area (Å²) in [5.41, 5.74) is 1.38. The van der Waals surface area contributed by atoms with Gasteiger partial charge >= 0.3 is 5.97 Å². The minimum atomic E-state index is -1.13. The number of allylic oxidation sites excluding steroid dienone is 1. The molecule has 1 aromatic rings. The maximum atomic E-state index is 12.3. The molecular weight excluding hydrogens is 244 g/mol. The number of carboxylic acids is 1. The van der Waals surface area contributed by atoms with Gasteiger partial charge in [-0.25, -0.2) is 0 Å². The summed E-state index contributed by atoms with van der Waals surface area (Å²) in [5.74, 6) is -2.35. The third kappa shape index (κ3) is 2.26. The van der Waals surface area contributed by atoms with Gasteiger partial charge < -0.3 is 9.84 Å². The van der Waals surface area contributed by atoms with Crippen LogP contribution >= 0.6 is 0 Å². The fraction of sp³-hybridized carbons (Fsp3) is 0.333. The Hall–Kier alpha value is -2.10. The first-order chi connectivity index (χ1) is 9.10. The molecule has 0 fully saturated rings. The van der Waals surface area contributed by atoms with Crippen molar-refractivity contribution < 1.29 is 19.4 Å². The number of ketones is 1. The SMILES string of the molecule is C=CCC1Cc2cccc(OC)c2C(C(=O)O)C1=O. The van der Waals surface area contributed by atoms with Crippen LogP contribution in [0, 0.1) is 5.92 Å². The van der Waals surface area contributed by atoms with Crippen LogP contribution in [0.15, 0.2) is 30.9 Å². The maximum absolute atomic E-state index is 12.3. The molecule has 0 saturated carbocycles. The van der Waals surface area contributed by atoms with E-state index in [1.54, 1.807) is 12.1 Å². The van der Waals surface area contributed by atoms with Gasteiger partial charge in [-0.15, -0.1) is 6.58 Å². The Morgan fingerprint density at radius 2 is 2.32 bits per heavy atom. The molecule has 4 heteroatoms. The Bertz CT molecular complexity index is 533. The van der Waals surface area contributed by atoms with Crippen molar-refractivity contribution in [1.82, 2.24) is 0 Å². The molecule has 0 radical (unpaired) electrons. The number of Topliss-reactive ketones (excluding diaryl/α,β-unsaturated/α-hetero) is 1. The Morgan fingerprint density at radius 3 is 2.89 bits per heavy atom. The molecule has 1 aromatic carbocycles. The Kier molecular flexibility index (Phi) is 3.69. The first-order valence-corrected chi connectivity index (χ1v) is 6.13. The summed E-state index contributed by atoms with van der Waals surface area (Å²) >= 11 is 0. The van der Waals surface area contributed by atoms with Crippen LogP contribution in [-0.2, 0) is 16.0 Å². The highest BCUT2D eigenvalue weighted by Crippen LogP contribution is 2.39. The highest BCUT2D eigenvalue weighted by molar-refractivity contribution is 6.07. The molecule has 0 saturated heterocycles. The van der Waals surface area contributed by atoms with Crippen LogP contribution in [0.5, 0.6) is 5.75 Å². The second-order valence-corrected chi connectivity index (χ2v) is 4.63. The van der Waals surface area contributed by atoms with E-state index < -0.39 is 11.9 Å². The van der Waals surface area contributed by atoms with Crippen molar-refractivity contribution in [3.8, 4) is 5.75 Å². The molecule has 2 atom stereocenters. The zero-order valence-corrected chi connectivity index (χ0v) is 10.8. The number of ether oxygens (including phenoxy) is 1. The lowest BCUT2D eigenvalue weighted by atomic mass is 9.74. The van der Waals surface area contributed by atoms with Gasteiger partial charge in [0.25, 0.3) is 0 Å². The molecule has 1 aliphatic carbocycles. The lowest BCUT2D eigenvalue weighted by Crippen LogP contribution is -2.34. The van der Waals surface area contributed by atoms with Gasteiger partial charge in [0.1, 0.15) is 11.7 Å². The summed E-state index contributed by atoms with van der Waals surface area (Å²) < 4.78 is 5.20. The maximum Gasteiger partial charge on any atom is 0.318 e. The summed E-state index contributed by atoms with van der Waals surface area (Å²) in [6.07, 6.45) is 2.70. The van der Waals surface area contributed by atoms with Gasteiger partial charge in [-0.1, -0.05) is 18.2 Å². The molecule has 0 heterocycles. The van der Waals surface area contributed by atoms with Gasteiger partial charge in [-0.2, -0.15) is 0 Å². The summed E-state index contributed by atoms with van der Waals surface area (Å²) in [6.45, 7) is 3.62. The van der Waals surface area contributed by atoms with Crippen LogP contribution in [-0.4, -0.2) is 24.0 Å². The van der Waals surface area contributed by atoms with Gasteiger partial charge in [0, 0.05) is 11.5 Å². The number of methoxy groups -OCH3 is 1. The van der Waals surface area contributed by atoms with Crippen LogP contribution in [0.2, 0.25) is 0 Å². The molecule has 0 aromatic heterocycles. The average Bonchev–Trinajstić information content (AvgIpc) is 2.39. The molecule has 2 unspecified atom stereocenters. The highest BCUT2D eigenvalue weighted by Gasteiger charge is 2.40. The summed E-state index contributed by atoms with van der Waals surface area (Å²) in [4.78, 5) is 23.7. The monoisotopic (exact) mass is 260 g/mol. The van der Waals surface area contributed by atoms with E-state index in [1.165, 1.54) is 7.11 Å². The van der Waals surface area contributed by atoms with E-state index >= 15 is 0 Å². The van der Waals surface area contributed by atoms with Crippen LogP contribution in [0.3, 0.4) is 0 Å². The molecule has 0 spiro atoms. The van der Waals surface area contributed by atoms with Crippen molar-refractivity contribution in [3.63, 3.8) is 0 Å². The van der Waals surface area contributed by atoms with Crippen LogP contribution < -0.4 is 4.74 Å². The quantitative estimate of drug-likeness (QED) is 0.665. The van der Waals surface area contributed by atoms with Crippen LogP contribution in [0.4, 0.5) is 0 Å². The number of benzene rings is 1. The number of hydrogen-bond acceptors (Lipinski definition) is 3. The van der Waals surface area contributed by atoms with Crippen molar-refractivity contribution in [2.75, 3.05) is 7.11 Å². The second-order valence-electron chi connectivity index (χ2n) is 4.63. The predicted octanol–water partition coefficient (Wildman–Crippen LogP) is 2.18. The van der Waals surface area contributed by atoms with E-state index in [2.05, 4.69) is 6.58 Å². The normalized spacial score (nSPS) is 21.6. The number of rotatable bonds is 4. The topological polar surface area (TPSA) is 63.6 Å². The minimum absolute atomic E-state index is 0.260. The van der Waals surface area contributed by atoms with Crippen molar-refractivity contribution in [3.05, 3.63) is 42.0 Å². The van der Waals surface area contributed by atoms with E-state index in [4.69, 9.17) is 4.74 Å².